The lowest BCUT2D eigenvalue weighted by Gasteiger charge is -2.15. The van der Waals surface area contributed by atoms with Gasteiger partial charge < -0.3 is 4.74 Å². The zero-order valence-electron chi connectivity index (χ0n) is 14.1. The van der Waals surface area contributed by atoms with E-state index in [4.69, 9.17) is 27.9 Å². The van der Waals surface area contributed by atoms with Crippen LogP contribution in [0.4, 0.5) is 0 Å². The van der Waals surface area contributed by atoms with Gasteiger partial charge in [-0.05, 0) is 49.4 Å². The van der Waals surface area contributed by atoms with Crippen LogP contribution in [0, 0.1) is 0 Å². The molecule has 3 rings (SSSR count). The Bertz CT molecular complexity index is 868. The maximum Gasteiger partial charge on any atom is 0.218 e. The van der Waals surface area contributed by atoms with Gasteiger partial charge in [0.25, 0.3) is 0 Å². The van der Waals surface area contributed by atoms with E-state index in [2.05, 4.69) is 9.71 Å². The summed E-state index contributed by atoms with van der Waals surface area (Å²) in [5.41, 5.74) is 1.29. The molecule has 2 aromatic rings. The van der Waals surface area contributed by atoms with Gasteiger partial charge in [-0.15, -0.1) is 0 Å². The van der Waals surface area contributed by atoms with E-state index in [-0.39, 0.29) is 18.4 Å². The number of halogens is 2. The van der Waals surface area contributed by atoms with Crippen molar-refractivity contribution in [3.05, 3.63) is 57.7 Å². The molecule has 1 saturated carbocycles. The molecule has 0 aliphatic heterocycles. The molecule has 8 heteroatoms. The van der Waals surface area contributed by atoms with Crippen LogP contribution in [-0.4, -0.2) is 19.5 Å². The molecule has 1 N–H and O–H groups in total. The fourth-order valence-electron chi connectivity index (χ4n) is 2.92. The molecule has 0 amide bonds. The van der Waals surface area contributed by atoms with Crippen LogP contribution in [0.5, 0.6) is 5.88 Å². The summed E-state index contributed by atoms with van der Waals surface area (Å²) in [7, 11) is -3.54. The summed E-state index contributed by atoms with van der Waals surface area (Å²) in [6.07, 6.45) is 6.15. The van der Waals surface area contributed by atoms with Gasteiger partial charge in [0.15, 0.2) is 0 Å². The van der Waals surface area contributed by atoms with E-state index in [0.717, 1.165) is 31.2 Å². The molecule has 140 valence electrons. The van der Waals surface area contributed by atoms with Gasteiger partial charge in [-0.1, -0.05) is 35.3 Å². The third-order valence-corrected chi connectivity index (χ3v) is 6.29. The zero-order chi connectivity index (χ0) is 18.6. The Morgan fingerprint density at radius 3 is 2.65 bits per heavy atom. The molecule has 0 spiro atoms. The van der Waals surface area contributed by atoms with Crippen LogP contribution < -0.4 is 9.46 Å². The second-order valence-corrected chi connectivity index (χ2v) is 8.94. The number of aromatic nitrogens is 1. The van der Waals surface area contributed by atoms with Crippen molar-refractivity contribution in [1.29, 1.82) is 0 Å². The summed E-state index contributed by atoms with van der Waals surface area (Å²) in [6, 6.07) is 8.38. The Morgan fingerprint density at radius 1 is 1.15 bits per heavy atom. The Morgan fingerprint density at radius 2 is 1.92 bits per heavy atom. The van der Waals surface area contributed by atoms with Crippen molar-refractivity contribution < 1.29 is 13.2 Å². The molecule has 1 aliphatic carbocycles. The minimum Gasteiger partial charge on any atom is -0.474 e. The molecule has 1 aromatic heterocycles. The monoisotopic (exact) mass is 414 g/mol. The Balaban J connectivity index is 1.64. The maximum absolute atomic E-state index is 12.4. The summed E-state index contributed by atoms with van der Waals surface area (Å²) in [5.74, 6) is 0.319. The largest absolute Gasteiger partial charge is 0.474 e. The molecule has 5 nitrogen and oxygen atoms in total. The van der Waals surface area contributed by atoms with Gasteiger partial charge in [0.1, 0.15) is 6.10 Å². The van der Waals surface area contributed by atoms with Crippen LogP contribution in [0.2, 0.25) is 10.0 Å². The predicted octanol–water partition coefficient (Wildman–Crippen LogP) is 4.33. The minimum absolute atomic E-state index is 0.125. The highest BCUT2D eigenvalue weighted by molar-refractivity contribution is 7.88. The van der Waals surface area contributed by atoms with E-state index >= 15 is 0 Å². The lowest BCUT2D eigenvalue weighted by Crippen LogP contribution is -2.25. The SMILES string of the molecule is O=S(=O)(Cc1ccc(Cl)c(Cl)c1)NCc1cccnc1OC1CCCC1. The van der Waals surface area contributed by atoms with E-state index in [1.807, 2.05) is 6.07 Å². The van der Waals surface area contributed by atoms with Crippen molar-refractivity contribution >= 4 is 33.2 Å². The highest BCUT2D eigenvalue weighted by atomic mass is 35.5. The van der Waals surface area contributed by atoms with Gasteiger partial charge in [-0.2, -0.15) is 0 Å². The number of rotatable bonds is 7. The Labute approximate surface area is 163 Å². The highest BCUT2D eigenvalue weighted by Gasteiger charge is 2.19. The van der Waals surface area contributed by atoms with Crippen LogP contribution in [-0.2, 0) is 22.3 Å². The molecule has 0 radical (unpaired) electrons. The van der Waals surface area contributed by atoms with Crippen molar-refractivity contribution in [1.82, 2.24) is 9.71 Å². The third-order valence-electron chi connectivity index (χ3n) is 4.25. The first kappa shape index (κ1) is 19.4. The van der Waals surface area contributed by atoms with Gasteiger partial charge in [0, 0.05) is 18.3 Å². The zero-order valence-corrected chi connectivity index (χ0v) is 16.4. The average Bonchev–Trinajstić information content (AvgIpc) is 3.10. The fourth-order valence-corrected chi connectivity index (χ4v) is 4.33. The van der Waals surface area contributed by atoms with Crippen LogP contribution in [0.1, 0.15) is 36.8 Å². The van der Waals surface area contributed by atoms with Crippen LogP contribution >= 0.6 is 23.2 Å². The number of pyridine rings is 1. The molecule has 0 saturated heterocycles. The second-order valence-electron chi connectivity index (χ2n) is 6.32. The molecule has 26 heavy (non-hydrogen) atoms. The van der Waals surface area contributed by atoms with Gasteiger partial charge in [-0.25, -0.2) is 18.1 Å². The lowest BCUT2D eigenvalue weighted by molar-refractivity contribution is 0.199. The fraction of sp³-hybridized carbons (Fsp3) is 0.389. The number of sulfonamides is 1. The van der Waals surface area contributed by atoms with Crippen LogP contribution in [0.3, 0.4) is 0 Å². The van der Waals surface area contributed by atoms with Gasteiger partial charge in [-0.3, -0.25) is 0 Å². The second kappa shape index (κ2) is 8.57. The van der Waals surface area contributed by atoms with Crippen molar-refractivity contribution in [3.8, 4) is 5.88 Å². The van der Waals surface area contributed by atoms with Crippen molar-refractivity contribution in [2.24, 2.45) is 0 Å². The maximum atomic E-state index is 12.4. The van der Waals surface area contributed by atoms with Crippen LogP contribution in [0.15, 0.2) is 36.5 Å². The molecular weight excluding hydrogens is 395 g/mol. The van der Waals surface area contributed by atoms with Crippen molar-refractivity contribution in [2.45, 2.75) is 44.1 Å². The van der Waals surface area contributed by atoms with Crippen molar-refractivity contribution in [3.63, 3.8) is 0 Å². The van der Waals surface area contributed by atoms with E-state index in [0.29, 0.717) is 21.5 Å². The minimum atomic E-state index is -3.54. The lowest BCUT2D eigenvalue weighted by atomic mass is 10.2. The number of hydrogen-bond acceptors (Lipinski definition) is 4. The molecular formula is C18H20Cl2N2O3S. The molecule has 1 heterocycles. The number of nitrogens with zero attached hydrogens (tertiary/aromatic N) is 1. The smallest absolute Gasteiger partial charge is 0.218 e. The highest BCUT2D eigenvalue weighted by Crippen LogP contribution is 2.26. The molecule has 0 atom stereocenters. The summed E-state index contributed by atoms with van der Waals surface area (Å²) < 4.78 is 33.3. The normalized spacial score (nSPS) is 15.3. The Kier molecular flexibility index (Phi) is 6.40. The predicted molar refractivity (Wildman–Crippen MR) is 103 cm³/mol. The first-order valence-corrected chi connectivity index (χ1v) is 10.9. The quantitative estimate of drug-likeness (QED) is 0.731. The first-order valence-electron chi connectivity index (χ1n) is 8.45. The average molecular weight is 415 g/mol. The topological polar surface area (TPSA) is 68.3 Å². The Hall–Kier alpha value is -1.34. The molecule has 0 bridgehead atoms. The van der Waals surface area contributed by atoms with Gasteiger partial charge >= 0.3 is 0 Å². The number of nitrogens with one attached hydrogen (secondary N) is 1. The van der Waals surface area contributed by atoms with Gasteiger partial charge in [0.2, 0.25) is 15.9 Å². The summed E-state index contributed by atoms with van der Waals surface area (Å²) in [4.78, 5) is 4.26. The molecule has 1 aliphatic rings. The molecule has 1 aromatic carbocycles. The van der Waals surface area contributed by atoms with E-state index in [1.54, 1.807) is 30.5 Å². The summed E-state index contributed by atoms with van der Waals surface area (Å²) >= 11 is 11.8. The first-order chi connectivity index (χ1) is 12.4. The van der Waals surface area contributed by atoms with E-state index < -0.39 is 10.0 Å². The number of ether oxygens (including phenoxy) is 1. The van der Waals surface area contributed by atoms with E-state index in [9.17, 15) is 8.42 Å². The molecule has 1 fully saturated rings. The molecule has 0 unspecified atom stereocenters. The third kappa shape index (κ3) is 5.33. The van der Waals surface area contributed by atoms with Gasteiger partial charge in [0.05, 0.1) is 15.8 Å². The van der Waals surface area contributed by atoms with E-state index in [1.165, 1.54) is 0 Å². The summed E-state index contributed by atoms with van der Waals surface area (Å²) in [6.45, 7) is 0.125. The summed E-state index contributed by atoms with van der Waals surface area (Å²) in [5, 5.41) is 0.726. The standard InChI is InChI=1S/C18H20Cl2N2O3S/c19-16-8-7-13(10-17(16)20)12-26(23,24)22-11-14-4-3-9-21-18(14)25-15-5-1-2-6-15/h3-4,7-10,15,22H,1-2,5-6,11-12H2. The number of benzene rings is 1. The van der Waals surface area contributed by atoms with Crippen LogP contribution in [0.25, 0.3) is 0 Å². The number of hydrogen-bond donors (Lipinski definition) is 1. The van der Waals surface area contributed by atoms with Crippen molar-refractivity contribution in [2.75, 3.05) is 0 Å².